The van der Waals surface area contributed by atoms with Gasteiger partial charge in [-0.3, -0.25) is 4.98 Å². The lowest BCUT2D eigenvalue weighted by atomic mass is 10.2. The highest BCUT2D eigenvalue weighted by Crippen LogP contribution is 2.25. The average Bonchev–Trinajstić information content (AvgIpc) is 2.81. The van der Waals surface area contributed by atoms with Crippen LogP contribution in [0.3, 0.4) is 0 Å². The van der Waals surface area contributed by atoms with Gasteiger partial charge in [0.15, 0.2) is 5.65 Å². The summed E-state index contributed by atoms with van der Waals surface area (Å²) in [6, 6.07) is 4.00. The molecule has 0 fully saturated rings. The maximum absolute atomic E-state index is 4.75. The molecule has 0 saturated carbocycles. The van der Waals surface area contributed by atoms with Crippen molar-refractivity contribution in [3.05, 3.63) is 30.2 Å². The minimum atomic E-state index is 0.887. The standard InChI is InChI=1S/C14H17N5/c1-4-18(5-2)14-11-9-15-7-6-12(11)19-13(16-14)8-10(3)17-19/h6-9H,4-5H2,1-3H3. The number of anilines is 1. The van der Waals surface area contributed by atoms with Crippen LogP contribution in [-0.2, 0) is 0 Å². The van der Waals surface area contributed by atoms with Crippen molar-refractivity contribution in [2.75, 3.05) is 18.0 Å². The van der Waals surface area contributed by atoms with Crippen LogP contribution in [0.5, 0.6) is 0 Å². The molecule has 5 heteroatoms. The van der Waals surface area contributed by atoms with Crippen molar-refractivity contribution in [3.63, 3.8) is 0 Å². The molecule has 0 radical (unpaired) electrons. The molecule has 3 rings (SSSR count). The van der Waals surface area contributed by atoms with Gasteiger partial charge in [0.05, 0.1) is 16.6 Å². The average molecular weight is 255 g/mol. The highest BCUT2D eigenvalue weighted by molar-refractivity contribution is 5.91. The van der Waals surface area contributed by atoms with Crippen molar-refractivity contribution in [3.8, 4) is 0 Å². The predicted octanol–water partition coefficient (Wildman–Crippen LogP) is 2.43. The Kier molecular flexibility index (Phi) is 2.81. The van der Waals surface area contributed by atoms with Crippen LogP contribution in [-0.4, -0.2) is 32.7 Å². The second-order valence-electron chi connectivity index (χ2n) is 4.56. The summed E-state index contributed by atoms with van der Waals surface area (Å²) in [6.07, 6.45) is 3.66. The van der Waals surface area contributed by atoms with Crippen LogP contribution in [0.15, 0.2) is 24.5 Å². The molecule has 3 heterocycles. The molecule has 98 valence electrons. The summed E-state index contributed by atoms with van der Waals surface area (Å²) in [6.45, 7) is 8.12. The molecule has 19 heavy (non-hydrogen) atoms. The Hall–Kier alpha value is -2.17. The Morgan fingerprint density at radius 2 is 2.05 bits per heavy atom. The number of aryl methyl sites for hydroxylation is 1. The number of hydrogen-bond donors (Lipinski definition) is 0. The molecule has 0 saturated heterocycles. The Labute approximate surface area is 111 Å². The maximum Gasteiger partial charge on any atom is 0.158 e. The minimum Gasteiger partial charge on any atom is -0.356 e. The molecule has 0 aliphatic carbocycles. The normalized spacial score (nSPS) is 11.3. The van der Waals surface area contributed by atoms with Crippen LogP contribution in [0, 0.1) is 6.92 Å². The first-order valence-corrected chi connectivity index (χ1v) is 6.59. The molecule has 0 aliphatic heterocycles. The summed E-state index contributed by atoms with van der Waals surface area (Å²) in [4.78, 5) is 11.2. The Balaban J connectivity index is 2.41. The number of rotatable bonds is 3. The molecule has 5 nitrogen and oxygen atoms in total. The third kappa shape index (κ3) is 1.82. The van der Waals surface area contributed by atoms with Gasteiger partial charge in [-0.2, -0.15) is 5.10 Å². The molecule has 0 spiro atoms. The Morgan fingerprint density at radius 3 is 2.79 bits per heavy atom. The van der Waals surface area contributed by atoms with E-state index < -0.39 is 0 Å². The lowest BCUT2D eigenvalue weighted by Crippen LogP contribution is -2.23. The zero-order valence-corrected chi connectivity index (χ0v) is 11.5. The maximum atomic E-state index is 4.75. The quantitative estimate of drug-likeness (QED) is 0.721. The van der Waals surface area contributed by atoms with Gasteiger partial charge in [-0.05, 0) is 26.8 Å². The van der Waals surface area contributed by atoms with Crippen molar-refractivity contribution < 1.29 is 0 Å². The second-order valence-corrected chi connectivity index (χ2v) is 4.56. The summed E-state index contributed by atoms with van der Waals surface area (Å²) in [5.41, 5.74) is 2.91. The lowest BCUT2D eigenvalue weighted by molar-refractivity contribution is 0.846. The van der Waals surface area contributed by atoms with Crippen LogP contribution in [0.4, 0.5) is 5.82 Å². The van der Waals surface area contributed by atoms with Crippen molar-refractivity contribution in [2.45, 2.75) is 20.8 Å². The van der Waals surface area contributed by atoms with Crippen LogP contribution in [0.1, 0.15) is 19.5 Å². The van der Waals surface area contributed by atoms with Gasteiger partial charge in [-0.1, -0.05) is 0 Å². The first kappa shape index (κ1) is 11.9. The number of nitrogens with zero attached hydrogens (tertiary/aromatic N) is 5. The zero-order valence-electron chi connectivity index (χ0n) is 11.5. The largest absolute Gasteiger partial charge is 0.356 e. The molecule has 3 aromatic rings. The molecule has 0 aromatic carbocycles. The second kappa shape index (κ2) is 4.50. The first-order chi connectivity index (χ1) is 9.24. The number of pyridine rings is 1. The van der Waals surface area contributed by atoms with Crippen LogP contribution in [0.25, 0.3) is 16.6 Å². The van der Waals surface area contributed by atoms with E-state index in [4.69, 9.17) is 4.98 Å². The van der Waals surface area contributed by atoms with E-state index in [-0.39, 0.29) is 0 Å². The highest BCUT2D eigenvalue weighted by atomic mass is 15.3. The summed E-state index contributed by atoms with van der Waals surface area (Å²) in [5.74, 6) is 0.987. The summed E-state index contributed by atoms with van der Waals surface area (Å²) in [7, 11) is 0. The molecule has 3 aromatic heterocycles. The smallest absolute Gasteiger partial charge is 0.158 e. The number of hydrogen-bond acceptors (Lipinski definition) is 4. The fourth-order valence-corrected chi connectivity index (χ4v) is 2.42. The van der Waals surface area contributed by atoms with Crippen LogP contribution in [0.2, 0.25) is 0 Å². The van der Waals surface area contributed by atoms with Crippen molar-refractivity contribution in [2.24, 2.45) is 0 Å². The molecule has 0 aliphatic rings. The van der Waals surface area contributed by atoms with Crippen molar-refractivity contribution in [1.82, 2.24) is 19.6 Å². The molecule has 0 N–H and O–H groups in total. The van der Waals surface area contributed by atoms with Crippen LogP contribution < -0.4 is 4.90 Å². The number of fused-ring (bicyclic) bond motifs is 3. The first-order valence-electron chi connectivity index (χ1n) is 6.59. The minimum absolute atomic E-state index is 0.887. The van der Waals surface area contributed by atoms with Gasteiger partial charge >= 0.3 is 0 Å². The lowest BCUT2D eigenvalue weighted by Gasteiger charge is -2.21. The van der Waals surface area contributed by atoms with E-state index in [0.29, 0.717) is 0 Å². The molecule has 0 bridgehead atoms. The van der Waals surface area contributed by atoms with E-state index in [0.717, 1.165) is 41.2 Å². The van der Waals surface area contributed by atoms with Crippen molar-refractivity contribution in [1.29, 1.82) is 0 Å². The van der Waals surface area contributed by atoms with E-state index in [9.17, 15) is 0 Å². The Bertz CT molecular complexity index is 727. The van der Waals surface area contributed by atoms with Gasteiger partial charge in [0, 0.05) is 31.5 Å². The third-order valence-electron chi connectivity index (χ3n) is 3.36. The predicted molar refractivity (Wildman–Crippen MR) is 76.6 cm³/mol. The van der Waals surface area contributed by atoms with E-state index in [1.807, 2.05) is 29.8 Å². The topological polar surface area (TPSA) is 46.3 Å². The number of aromatic nitrogens is 4. The summed E-state index contributed by atoms with van der Waals surface area (Å²) in [5, 5.41) is 5.54. The molecule has 0 atom stereocenters. The molecule has 0 amide bonds. The summed E-state index contributed by atoms with van der Waals surface area (Å²) >= 11 is 0. The van der Waals surface area contributed by atoms with Crippen molar-refractivity contribution >= 4 is 22.4 Å². The summed E-state index contributed by atoms with van der Waals surface area (Å²) < 4.78 is 1.89. The highest BCUT2D eigenvalue weighted by Gasteiger charge is 2.13. The van der Waals surface area contributed by atoms with Gasteiger partial charge in [-0.15, -0.1) is 0 Å². The van der Waals surface area contributed by atoms with Gasteiger partial charge in [0.25, 0.3) is 0 Å². The van der Waals surface area contributed by atoms with E-state index in [2.05, 4.69) is 28.8 Å². The molecular weight excluding hydrogens is 238 g/mol. The SMILES string of the molecule is CCN(CC)c1nc2cc(C)nn2c2ccncc12. The molecular formula is C14H17N5. The van der Waals surface area contributed by atoms with Gasteiger partial charge in [0.2, 0.25) is 0 Å². The molecule has 0 unspecified atom stereocenters. The fourth-order valence-electron chi connectivity index (χ4n) is 2.42. The van der Waals surface area contributed by atoms with Crippen LogP contribution >= 0.6 is 0 Å². The Morgan fingerprint density at radius 1 is 1.26 bits per heavy atom. The van der Waals surface area contributed by atoms with Gasteiger partial charge in [0.1, 0.15) is 5.82 Å². The van der Waals surface area contributed by atoms with Gasteiger partial charge < -0.3 is 4.90 Å². The third-order valence-corrected chi connectivity index (χ3v) is 3.36. The zero-order chi connectivity index (χ0) is 13.4. The fraction of sp³-hybridized carbons (Fsp3) is 0.357. The van der Waals surface area contributed by atoms with E-state index >= 15 is 0 Å². The monoisotopic (exact) mass is 255 g/mol. The van der Waals surface area contributed by atoms with E-state index in [1.165, 1.54) is 0 Å². The van der Waals surface area contributed by atoms with Gasteiger partial charge in [-0.25, -0.2) is 9.50 Å². The van der Waals surface area contributed by atoms with E-state index in [1.54, 1.807) is 6.20 Å².